The van der Waals surface area contributed by atoms with Crippen molar-refractivity contribution in [3.8, 4) is 0 Å². The van der Waals surface area contributed by atoms with Crippen molar-refractivity contribution >= 4 is 22.4 Å². The van der Waals surface area contributed by atoms with E-state index in [9.17, 15) is 0 Å². The van der Waals surface area contributed by atoms with Gasteiger partial charge >= 0.3 is 0 Å². The van der Waals surface area contributed by atoms with Crippen LogP contribution in [0.3, 0.4) is 0 Å². The van der Waals surface area contributed by atoms with Crippen molar-refractivity contribution < 1.29 is 0 Å². The fourth-order valence-corrected chi connectivity index (χ4v) is 1.87. The minimum atomic E-state index is 0.588. The highest BCUT2D eigenvalue weighted by Gasteiger charge is 1.97. The zero-order valence-electron chi connectivity index (χ0n) is 8.49. The summed E-state index contributed by atoms with van der Waals surface area (Å²) in [6, 6.07) is 14.9. The zero-order valence-corrected chi connectivity index (χ0v) is 9.24. The van der Waals surface area contributed by atoms with Gasteiger partial charge in [0.05, 0.1) is 0 Å². The average Bonchev–Trinajstić information content (AvgIpc) is 2.30. The summed E-state index contributed by atoms with van der Waals surface area (Å²) < 4.78 is 0. The Labute approximate surface area is 95.2 Å². The van der Waals surface area contributed by atoms with E-state index in [2.05, 4.69) is 48.5 Å². The lowest BCUT2D eigenvalue weighted by atomic mass is 10.0. The van der Waals surface area contributed by atoms with Gasteiger partial charge in [0, 0.05) is 5.88 Å². The maximum Gasteiger partial charge on any atom is 0.0404 e. The quantitative estimate of drug-likeness (QED) is 0.534. The molecule has 0 saturated heterocycles. The summed E-state index contributed by atoms with van der Waals surface area (Å²) in [7, 11) is 0. The first kappa shape index (κ1) is 10.3. The van der Waals surface area contributed by atoms with E-state index < -0.39 is 0 Å². The van der Waals surface area contributed by atoms with Gasteiger partial charge in [0.2, 0.25) is 0 Å². The molecule has 0 aromatic heterocycles. The lowest BCUT2D eigenvalue weighted by Gasteiger charge is -2.03. The molecule has 76 valence electrons. The van der Waals surface area contributed by atoms with Crippen molar-refractivity contribution in [2.24, 2.45) is 0 Å². The van der Waals surface area contributed by atoms with Gasteiger partial charge in [-0.05, 0) is 22.8 Å². The van der Waals surface area contributed by atoms with E-state index in [1.54, 1.807) is 0 Å². The van der Waals surface area contributed by atoms with Crippen molar-refractivity contribution in [1.82, 2.24) is 0 Å². The van der Waals surface area contributed by atoms with Crippen LogP contribution >= 0.6 is 11.6 Å². The van der Waals surface area contributed by atoms with Crippen LogP contribution in [0.15, 0.2) is 54.6 Å². The molecular formula is C14H13Cl. The average molecular weight is 217 g/mol. The highest BCUT2D eigenvalue weighted by Crippen LogP contribution is 2.18. The first-order valence-corrected chi connectivity index (χ1v) is 5.63. The molecule has 2 aromatic rings. The van der Waals surface area contributed by atoms with Crippen LogP contribution in [0.25, 0.3) is 10.8 Å². The van der Waals surface area contributed by atoms with E-state index >= 15 is 0 Å². The second-order valence-corrected chi connectivity index (χ2v) is 3.78. The number of halogens is 1. The predicted molar refractivity (Wildman–Crippen MR) is 67.5 cm³/mol. The zero-order chi connectivity index (χ0) is 10.5. The summed E-state index contributed by atoms with van der Waals surface area (Å²) >= 11 is 5.60. The van der Waals surface area contributed by atoms with Gasteiger partial charge in [0.15, 0.2) is 0 Å². The van der Waals surface area contributed by atoms with Gasteiger partial charge in [-0.15, -0.1) is 11.6 Å². The molecule has 0 saturated carbocycles. The molecule has 0 nitrogen and oxygen atoms in total. The topological polar surface area (TPSA) is 0 Å². The molecule has 0 radical (unpaired) electrons. The van der Waals surface area contributed by atoms with Crippen LogP contribution in [0.5, 0.6) is 0 Å². The van der Waals surface area contributed by atoms with Crippen LogP contribution in [0.1, 0.15) is 5.56 Å². The van der Waals surface area contributed by atoms with E-state index in [0.717, 1.165) is 6.42 Å². The van der Waals surface area contributed by atoms with Crippen LogP contribution in [0.2, 0.25) is 0 Å². The molecule has 0 spiro atoms. The van der Waals surface area contributed by atoms with Crippen LogP contribution < -0.4 is 0 Å². The molecule has 0 aliphatic heterocycles. The van der Waals surface area contributed by atoms with Gasteiger partial charge in [0.1, 0.15) is 0 Å². The summed E-state index contributed by atoms with van der Waals surface area (Å²) in [5.74, 6) is 0.588. The Kier molecular flexibility index (Phi) is 3.41. The molecule has 0 heterocycles. The largest absolute Gasteiger partial charge is 0.122 e. The van der Waals surface area contributed by atoms with Crippen molar-refractivity contribution in [1.29, 1.82) is 0 Å². The Morgan fingerprint density at radius 1 is 0.933 bits per heavy atom. The highest BCUT2D eigenvalue weighted by molar-refractivity contribution is 6.18. The summed E-state index contributed by atoms with van der Waals surface area (Å²) in [6.45, 7) is 0. The van der Waals surface area contributed by atoms with Crippen molar-refractivity contribution in [3.05, 3.63) is 60.2 Å². The molecule has 2 aromatic carbocycles. The fraction of sp³-hybridized carbons (Fsp3) is 0.143. The predicted octanol–water partition coefficient (Wildman–Crippen LogP) is 4.18. The number of allylic oxidation sites excluding steroid dienone is 2. The molecule has 0 unspecified atom stereocenters. The molecule has 0 fully saturated rings. The SMILES string of the molecule is ClCC=CCc1cccc2ccccc12. The Morgan fingerprint density at radius 3 is 2.60 bits per heavy atom. The Bertz CT molecular complexity index is 466. The fourth-order valence-electron chi connectivity index (χ4n) is 1.74. The number of alkyl halides is 1. The molecule has 0 N–H and O–H groups in total. The van der Waals surface area contributed by atoms with Gasteiger partial charge in [-0.1, -0.05) is 54.6 Å². The van der Waals surface area contributed by atoms with Gasteiger partial charge in [-0.3, -0.25) is 0 Å². The van der Waals surface area contributed by atoms with Gasteiger partial charge in [0.25, 0.3) is 0 Å². The minimum absolute atomic E-state index is 0.588. The smallest absolute Gasteiger partial charge is 0.0404 e. The van der Waals surface area contributed by atoms with Crippen LogP contribution in [0.4, 0.5) is 0 Å². The number of rotatable bonds is 3. The summed E-state index contributed by atoms with van der Waals surface area (Å²) in [4.78, 5) is 0. The van der Waals surface area contributed by atoms with E-state index in [4.69, 9.17) is 11.6 Å². The highest BCUT2D eigenvalue weighted by atomic mass is 35.5. The number of hydrogen-bond acceptors (Lipinski definition) is 0. The standard InChI is InChI=1S/C14H13Cl/c15-11-4-3-7-13-9-5-8-12-6-1-2-10-14(12)13/h1-6,8-10H,7,11H2. The number of hydrogen-bond donors (Lipinski definition) is 0. The molecule has 15 heavy (non-hydrogen) atoms. The second kappa shape index (κ2) is 4.99. The molecule has 1 heteroatoms. The maximum atomic E-state index is 5.60. The third kappa shape index (κ3) is 2.40. The van der Waals surface area contributed by atoms with E-state index in [0.29, 0.717) is 5.88 Å². The minimum Gasteiger partial charge on any atom is -0.122 e. The van der Waals surface area contributed by atoms with Crippen LogP contribution in [-0.2, 0) is 6.42 Å². The second-order valence-electron chi connectivity index (χ2n) is 3.47. The van der Waals surface area contributed by atoms with Crippen molar-refractivity contribution in [3.63, 3.8) is 0 Å². The summed E-state index contributed by atoms with van der Waals surface area (Å²) in [5.41, 5.74) is 1.36. The molecule has 0 atom stereocenters. The van der Waals surface area contributed by atoms with Crippen LogP contribution in [0, 0.1) is 0 Å². The molecule has 0 amide bonds. The summed E-state index contributed by atoms with van der Waals surface area (Å²) in [6.07, 6.45) is 5.06. The number of benzene rings is 2. The summed E-state index contributed by atoms with van der Waals surface area (Å²) in [5, 5.41) is 2.63. The molecular weight excluding hydrogens is 204 g/mol. The first-order valence-electron chi connectivity index (χ1n) is 5.09. The number of fused-ring (bicyclic) bond motifs is 1. The lowest BCUT2D eigenvalue weighted by molar-refractivity contribution is 1.29. The van der Waals surface area contributed by atoms with Gasteiger partial charge < -0.3 is 0 Å². The first-order chi connectivity index (χ1) is 7.42. The van der Waals surface area contributed by atoms with Gasteiger partial charge in [-0.2, -0.15) is 0 Å². The lowest BCUT2D eigenvalue weighted by Crippen LogP contribution is -1.83. The monoisotopic (exact) mass is 216 g/mol. The van der Waals surface area contributed by atoms with Crippen LogP contribution in [-0.4, -0.2) is 5.88 Å². The van der Waals surface area contributed by atoms with Gasteiger partial charge in [-0.25, -0.2) is 0 Å². The molecule has 0 aliphatic rings. The maximum absolute atomic E-state index is 5.60. The Hall–Kier alpha value is -1.27. The Morgan fingerprint density at radius 2 is 1.73 bits per heavy atom. The third-order valence-electron chi connectivity index (χ3n) is 2.47. The van der Waals surface area contributed by atoms with E-state index in [1.165, 1.54) is 16.3 Å². The van der Waals surface area contributed by atoms with E-state index in [1.807, 2.05) is 6.08 Å². The third-order valence-corrected chi connectivity index (χ3v) is 2.65. The van der Waals surface area contributed by atoms with Crippen molar-refractivity contribution in [2.75, 3.05) is 5.88 Å². The van der Waals surface area contributed by atoms with E-state index in [-0.39, 0.29) is 0 Å². The Balaban J connectivity index is 2.38. The molecule has 0 aliphatic carbocycles. The molecule has 2 rings (SSSR count). The van der Waals surface area contributed by atoms with Crippen molar-refractivity contribution in [2.45, 2.75) is 6.42 Å². The normalized spacial score (nSPS) is 11.3. The molecule has 0 bridgehead atoms.